The molecular formula is C19H20O2. The van der Waals surface area contributed by atoms with Crippen LogP contribution in [0, 0.1) is 0 Å². The highest BCUT2D eigenvalue weighted by atomic mass is 16.5. The van der Waals surface area contributed by atoms with Crippen LogP contribution in [0.1, 0.15) is 17.5 Å². The third-order valence-corrected chi connectivity index (χ3v) is 3.32. The molecule has 0 spiro atoms. The van der Waals surface area contributed by atoms with Gasteiger partial charge in [0.2, 0.25) is 0 Å². The van der Waals surface area contributed by atoms with Gasteiger partial charge in [0, 0.05) is 6.42 Å². The lowest BCUT2D eigenvalue weighted by Gasteiger charge is -2.02. The number of carbonyl (C=O) groups is 1. The second-order valence-corrected chi connectivity index (χ2v) is 4.91. The number of hydrogen-bond donors (Lipinski definition) is 0. The van der Waals surface area contributed by atoms with E-state index in [1.54, 1.807) is 13.2 Å². The fourth-order valence-electron chi connectivity index (χ4n) is 2.08. The number of hydrogen-bond acceptors (Lipinski definition) is 2. The summed E-state index contributed by atoms with van der Waals surface area (Å²) in [6.07, 6.45) is 5.73. The molecule has 0 aliphatic carbocycles. The standard InChI is InChI=1S/C19H20O2/c1-21-19-14-11-17(12-15-19)10-13-18(20)9-5-8-16-6-3-2-4-7-16/h2-7,9,11-12,14-15H,8,10,13H2,1H3/b9-5+. The monoisotopic (exact) mass is 280 g/mol. The molecule has 21 heavy (non-hydrogen) atoms. The lowest BCUT2D eigenvalue weighted by molar-refractivity contribution is -0.114. The van der Waals surface area contributed by atoms with Crippen LogP contribution < -0.4 is 4.74 Å². The van der Waals surface area contributed by atoms with Crippen molar-refractivity contribution in [3.05, 3.63) is 77.9 Å². The number of methoxy groups -OCH3 is 1. The van der Waals surface area contributed by atoms with E-state index in [1.807, 2.05) is 48.5 Å². The Hall–Kier alpha value is -2.35. The summed E-state index contributed by atoms with van der Waals surface area (Å²) >= 11 is 0. The molecule has 2 rings (SSSR count). The maximum atomic E-state index is 11.8. The Morgan fingerprint density at radius 1 is 1.00 bits per heavy atom. The highest BCUT2D eigenvalue weighted by Gasteiger charge is 1.99. The number of ether oxygens (including phenoxy) is 1. The van der Waals surface area contributed by atoms with Gasteiger partial charge in [0.25, 0.3) is 0 Å². The van der Waals surface area contributed by atoms with Gasteiger partial charge in [0.1, 0.15) is 5.75 Å². The SMILES string of the molecule is COc1ccc(CCC(=O)/C=C/Cc2ccccc2)cc1. The lowest BCUT2D eigenvalue weighted by atomic mass is 10.1. The summed E-state index contributed by atoms with van der Waals surface area (Å²) in [6, 6.07) is 18.0. The molecule has 0 radical (unpaired) electrons. The summed E-state index contributed by atoms with van der Waals surface area (Å²) in [4.78, 5) is 11.8. The first-order valence-corrected chi connectivity index (χ1v) is 7.14. The van der Waals surface area contributed by atoms with E-state index in [0.717, 1.165) is 24.2 Å². The Morgan fingerprint density at radius 3 is 2.38 bits per heavy atom. The van der Waals surface area contributed by atoms with Crippen LogP contribution in [0.5, 0.6) is 5.75 Å². The van der Waals surface area contributed by atoms with Gasteiger partial charge in [-0.3, -0.25) is 4.79 Å². The first kappa shape index (κ1) is 15.0. The largest absolute Gasteiger partial charge is 0.497 e. The van der Waals surface area contributed by atoms with E-state index < -0.39 is 0 Å². The fourth-order valence-corrected chi connectivity index (χ4v) is 2.08. The highest BCUT2D eigenvalue weighted by Crippen LogP contribution is 2.12. The van der Waals surface area contributed by atoms with E-state index in [-0.39, 0.29) is 5.78 Å². The molecule has 2 heteroatoms. The molecule has 0 fully saturated rings. The number of rotatable bonds is 7. The van der Waals surface area contributed by atoms with Gasteiger partial charge in [-0.15, -0.1) is 0 Å². The number of benzene rings is 2. The molecule has 0 bridgehead atoms. The van der Waals surface area contributed by atoms with Crippen molar-refractivity contribution in [2.75, 3.05) is 7.11 Å². The van der Waals surface area contributed by atoms with E-state index in [1.165, 1.54) is 5.56 Å². The second kappa shape index (κ2) is 8.05. The van der Waals surface area contributed by atoms with Gasteiger partial charge >= 0.3 is 0 Å². The van der Waals surface area contributed by atoms with Crippen LogP contribution in [0.4, 0.5) is 0 Å². The van der Waals surface area contributed by atoms with Crippen LogP contribution in [0.3, 0.4) is 0 Å². The van der Waals surface area contributed by atoms with Crippen LogP contribution in [-0.4, -0.2) is 12.9 Å². The molecule has 0 aliphatic rings. The molecule has 0 saturated carbocycles. The summed E-state index contributed by atoms with van der Waals surface area (Å²) in [5.41, 5.74) is 2.37. The molecule has 0 amide bonds. The van der Waals surface area contributed by atoms with Crippen molar-refractivity contribution in [3.8, 4) is 5.75 Å². The molecule has 2 nitrogen and oxygen atoms in total. The Bertz CT molecular complexity index is 583. The van der Waals surface area contributed by atoms with Gasteiger partial charge < -0.3 is 4.74 Å². The summed E-state index contributed by atoms with van der Waals surface area (Å²) in [5.74, 6) is 1.01. The van der Waals surface area contributed by atoms with Crippen molar-refractivity contribution >= 4 is 5.78 Å². The zero-order chi connectivity index (χ0) is 14.9. The molecule has 2 aromatic carbocycles. The quantitative estimate of drug-likeness (QED) is 0.717. The molecular weight excluding hydrogens is 260 g/mol. The van der Waals surface area contributed by atoms with E-state index in [9.17, 15) is 4.79 Å². The van der Waals surface area contributed by atoms with Crippen LogP contribution in [0.15, 0.2) is 66.7 Å². The zero-order valence-corrected chi connectivity index (χ0v) is 12.3. The Morgan fingerprint density at radius 2 is 1.71 bits per heavy atom. The maximum Gasteiger partial charge on any atom is 0.155 e. The molecule has 0 atom stereocenters. The van der Waals surface area contributed by atoms with Crippen molar-refractivity contribution in [3.63, 3.8) is 0 Å². The molecule has 0 saturated heterocycles. The molecule has 0 N–H and O–H groups in total. The summed E-state index contributed by atoms with van der Waals surface area (Å²) < 4.78 is 5.11. The van der Waals surface area contributed by atoms with Gasteiger partial charge in [-0.2, -0.15) is 0 Å². The first-order chi connectivity index (χ1) is 10.3. The lowest BCUT2D eigenvalue weighted by Crippen LogP contribution is -1.96. The zero-order valence-electron chi connectivity index (χ0n) is 12.3. The Labute approximate surface area is 126 Å². The van der Waals surface area contributed by atoms with E-state index >= 15 is 0 Å². The minimum Gasteiger partial charge on any atom is -0.497 e. The van der Waals surface area contributed by atoms with Crippen molar-refractivity contribution in [1.82, 2.24) is 0 Å². The van der Waals surface area contributed by atoms with Gasteiger partial charge in [-0.05, 0) is 42.2 Å². The van der Waals surface area contributed by atoms with Crippen LogP contribution >= 0.6 is 0 Å². The highest BCUT2D eigenvalue weighted by molar-refractivity contribution is 5.89. The minimum atomic E-state index is 0.168. The summed E-state index contributed by atoms with van der Waals surface area (Å²) in [5, 5.41) is 0. The predicted octanol–water partition coefficient (Wildman–Crippen LogP) is 4.00. The van der Waals surface area contributed by atoms with Crippen LogP contribution in [-0.2, 0) is 17.6 Å². The van der Waals surface area contributed by atoms with E-state index in [2.05, 4.69) is 12.1 Å². The maximum absolute atomic E-state index is 11.8. The molecule has 0 aromatic heterocycles. The minimum absolute atomic E-state index is 0.168. The summed E-state index contributed by atoms with van der Waals surface area (Å²) in [7, 11) is 1.65. The van der Waals surface area contributed by atoms with Gasteiger partial charge in [-0.25, -0.2) is 0 Å². The molecule has 0 aliphatic heterocycles. The third kappa shape index (κ3) is 5.27. The topological polar surface area (TPSA) is 26.3 Å². The second-order valence-electron chi connectivity index (χ2n) is 4.91. The van der Waals surface area contributed by atoms with Crippen molar-refractivity contribution in [2.24, 2.45) is 0 Å². The number of carbonyl (C=O) groups excluding carboxylic acids is 1. The number of aryl methyl sites for hydroxylation is 1. The van der Waals surface area contributed by atoms with Gasteiger partial charge in [0.05, 0.1) is 7.11 Å². The summed E-state index contributed by atoms with van der Waals surface area (Å²) in [6.45, 7) is 0. The smallest absolute Gasteiger partial charge is 0.155 e. The fraction of sp³-hybridized carbons (Fsp3) is 0.211. The molecule has 0 unspecified atom stereocenters. The number of ketones is 1. The van der Waals surface area contributed by atoms with Crippen LogP contribution in [0.25, 0.3) is 0 Å². The average Bonchev–Trinajstić information content (AvgIpc) is 2.54. The van der Waals surface area contributed by atoms with Gasteiger partial charge in [0.15, 0.2) is 5.78 Å². The molecule has 2 aromatic rings. The predicted molar refractivity (Wildman–Crippen MR) is 85.6 cm³/mol. The first-order valence-electron chi connectivity index (χ1n) is 7.14. The van der Waals surface area contributed by atoms with E-state index in [0.29, 0.717) is 6.42 Å². The van der Waals surface area contributed by atoms with E-state index in [4.69, 9.17) is 4.74 Å². The molecule has 0 heterocycles. The van der Waals surface area contributed by atoms with Crippen LogP contribution in [0.2, 0.25) is 0 Å². The average molecular weight is 280 g/mol. The normalized spacial score (nSPS) is 10.7. The third-order valence-electron chi connectivity index (χ3n) is 3.32. The molecule has 108 valence electrons. The number of allylic oxidation sites excluding steroid dienone is 2. The van der Waals surface area contributed by atoms with Crippen molar-refractivity contribution in [1.29, 1.82) is 0 Å². The Balaban J connectivity index is 1.76. The Kier molecular flexibility index (Phi) is 5.77. The van der Waals surface area contributed by atoms with Gasteiger partial charge in [-0.1, -0.05) is 48.5 Å². The van der Waals surface area contributed by atoms with Crippen molar-refractivity contribution in [2.45, 2.75) is 19.3 Å². The van der Waals surface area contributed by atoms with Crippen molar-refractivity contribution < 1.29 is 9.53 Å².